The Hall–Kier alpha value is -1.46. The first-order valence-corrected chi connectivity index (χ1v) is 2.78. The molecular formula is C6H6NO4-. The smallest absolute Gasteiger partial charge is 0.117 e. The van der Waals surface area contributed by atoms with Gasteiger partial charge in [-0.25, -0.2) is 0 Å². The third-order valence-corrected chi connectivity index (χ3v) is 1.11. The maximum Gasteiger partial charge on any atom is 0.117 e. The lowest BCUT2D eigenvalue weighted by Crippen LogP contribution is -2.11. The molecule has 0 aliphatic heterocycles. The van der Waals surface area contributed by atoms with Gasteiger partial charge < -0.3 is 10.2 Å². The number of hydrogen-bond acceptors (Lipinski definition) is 5. The zero-order chi connectivity index (χ0) is 8.43. The van der Waals surface area contributed by atoms with Crippen LogP contribution in [0.5, 0.6) is 11.5 Å². The fourth-order valence-corrected chi connectivity index (χ4v) is 0.683. The van der Waals surface area contributed by atoms with E-state index in [1.54, 1.807) is 0 Å². The molecule has 0 heterocycles. The lowest BCUT2D eigenvalue weighted by Gasteiger charge is -2.12. The van der Waals surface area contributed by atoms with E-state index in [0.29, 0.717) is 0 Å². The zero-order valence-corrected chi connectivity index (χ0v) is 5.43. The Bertz CT molecular complexity index is 241. The Labute approximate surface area is 62.3 Å². The van der Waals surface area contributed by atoms with Gasteiger partial charge in [0, 0.05) is 6.07 Å². The van der Waals surface area contributed by atoms with Crippen molar-refractivity contribution in [3.05, 3.63) is 18.2 Å². The van der Waals surface area contributed by atoms with Gasteiger partial charge >= 0.3 is 0 Å². The molecule has 0 atom stereocenters. The molecule has 11 heavy (non-hydrogen) atoms. The lowest BCUT2D eigenvalue weighted by atomic mass is 10.3. The van der Waals surface area contributed by atoms with Gasteiger partial charge in [0.2, 0.25) is 0 Å². The van der Waals surface area contributed by atoms with E-state index in [1.165, 1.54) is 0 Å². The van der Waals surface area contributed by atoms with Gasteiger partial charge in [0.05, 0.1) is 5.69 Å². The summed E-state index contributed by atoms with van der Waals surface area (Å²) in [5.41, 5.74) is -0.171. The van der Waals surface area contributed by atoms with Gasteiger partial charge in [0.25, 0.3) is 0 Å². The Balaban J connectivity index is 3.08. The van der Waals surface area contributed by atoms with E-state index >= 15 is 0 Å². The fraction of sp³-hybridized carbons (Fsp3) is 0. The monoisotopic (exact) mass is 156 g/mol. The summed E-state index contributed by atoms with van der Waals surface area (Å²) < 4.78 is 0. The average Bonchev–Trinajstić information content (AvgIpc) is 1.85. The molecule has 0 aromatic heterocycles. The number of hydrogen-bond donors (Lipinski definition) is 3. The predicted molar refractivity (Wildman–Crippen MR) is 33.6 cm³/mol. The Morgan fingerprint density at radius 3 is 2.27 bits per heavy atom. The number of aromatic hydroxyl groups is 1. The second-order valence-corrected chi connectivity index (χ2v) is 1.97. The van der Waals surface area contributed by atoms with Gasteiger partial charge in [-0.1, -0.05) is 0 Å². The summed E-state index contributed by atoms with van der Waals surface area (Å²) in [5.74, 6) is -0.797. The highest BCUT2D eigenvalue weighted by atomic mass is 16.8. The summed E-state index contributed by atoms with van der Waals surface area (Å²) in [6.45, 7) is 0. The Morgan fingerprint density at radius 2 is 1.82 bits per heavy atom. The molecule has 0 saturated carbocycles. The van der Waals surface area contributed by atoms with Crippen LogP contribution in [0.1, 0.15) is 0 Å². The van der Waals surface area contributed by atoms with Crippen molar-refractivity contribution < 1.29 is 20.6 Å². The van der Waals surface area contributed by atoms with Crippen LogP contribution in [0, 0.1) is 0 Å². The number of anilines is 1. The van der Waals surface area contributed by atoms with Crippen molar-refractivity contribution in [1.29, 1.82) is 0 Å². The van der Waals surface area contributed by atoms with Crippen molar-refractivity contribution >= 4 is 5.69 Å². The quantitative estimate of drug-likeness (QED) is 0.500. The van der Waals surface area contributed by atoms with Gasteiger partial charge in [0.15, 0.2) is 0 Å². The Kier molecular flexibility index (Phi) is 1.84. The van der Waals surface area contributed by atoms with E-state index in [2.05, 4.69) is 0 Å². The first-order chi connectivity index (χ1) is 5.09. The van der Waals surface area contributed by atoms with Crippen molar-refractivity contribution in [2.75, 3.05) is 5.23 Å². The van der Waals surface area contributed by atoms with Gasteiger partial charge in [-0.3, -0.25) is 10.4 Å². The van der Waals surface area contributed by atoms with Gasteiger partial charge in [-0.15, -0.1) is 11.0 Å². The summed E-state index contributed by atoms with van der Waals surface area (Å²) in [5, 5.41) is 36.0. The third kappa shape index (κ3) is 1.73. The molecule has 0 bridgehead atoms. The highest BCUT2D eigenvalue weighted by molar-refractivity contribution is 5.51. The van der Waals surface area contributed by atoms with Crippen molar-refractivity contribution in [3.8, 4) is 11.5 Å². The molecular weight excluding hydrogens is 150 g/mol. The van der Waals surface area contributed by atoms with Crippen molar-refractivity contribution in [1.82, 2.24) is 0 Å². The number of benzene rings is 1. The van der Waals surface area contributed by atoms with E-state index in [4.69, 9.17) is 15.5 Å². The highest BCUT2D eigenvalue weighted by Gasteiger charge is 1.98. The van der Waals surface area contributed by atoms with Crippen LogP contribution in [0.15, 0.2) is 18.2 Å². The van der Waals surface area contributed by atoms with Gasteiger partial charge in [0.1, 0.15) is 5.75 Å². The SMILES string of the molecule is [O-]c1cc(O)cc(N(O)O)c1. The molecule has 0 saturated heterocycles. The van der Waals surface area contributed by atoms with Crippen LogP contribution < -0.4 is 10.3 Å². The van der Waals surface area contributed by atoms with Crippen LogP contribution in [-0.2, 0) is 0 Å². The van der Waals surface area contributed by atoms with Gasteiger partial charge in [-0.2, -0.15) is 0 Å². The number of nitrogens with zero attached hydrogens (tertiary/aromatic N) is 1. The molecule has 5 heteroatoms. The topological polar surface area (TPSA) is 87.0 Å². The molecule has 0 aliphatic rings. The molecule has 0 aliphatic carbocycles. The third-order valence-electron chi connectivity index (χ3n) is 1.11. The minimum absolute atomic E-state index is 0.171. The van der Waals surface area contributed by atoms with Crippen LogP contribution in [0.2, 0.25) is 0 Å². The molecule has 0 unspecified atom stereocenters. The maximum absolute atomic E-state index is 10.6. The first-order valence-electron chi connectivity index (χ1n) is 2.78. The Morgan fingerprint density at radius 1 is 1.18 bits per heavy atom. The fourth-order valence-electron chi connectivity index (χ4n) is 0.683. The first kappa shape index (κ1) is 7.64. The van der Waals surface area contributed by atoms with Crippen LogP contribution in [0.4, 0.5) is 5.69 Å². The molecule has 5 nitrogen and oxygen atoms in total. The molecule has 1 aromatic carbocycles. The summed E-state index contributed by atoms with van der Waals surface area (Å²) in [7, 11) is 0. The summed E-state index contributed by atoms with van der Waals surface area (Å²) >= 11 is 0. The molecule has 60 valence electrons. The van der Waals surface area contributed by atoms with Crippen LogP contribution in [-0.4, -0.2) is 15.5 Å². The molecule has 3 N–H and O–H groups in total. The zero-order valence-electron chi connectivity index (χ0n) is 5.43. The maximum atomic E-state index is 10.6. The highest BCUT2D eigenvalue weighted by Crippen LogP contribution is 2.23. The summed E-state index contributed by atoms with van der Waals surface area (Å²) in [6.07, 6.45) is 0. The number of phenols is 1. The molecule has 0 fully saturated rings. The molecule has 1 rings (SSSR count). The normalized spacial score (nSPS) is 9.64. The predicted octanol–water partition coefficient (Wildman–Crippen LogP) is 0.0506. The van der Waals surface area contributed by atoms with Crippen molar-refractivity contribution in [2.45, 2.75) is 0 Å². The number of phenolic OH excluding ortho intramolecular Hbond substituents is 1. The second kappa shape index (κ2) is 2.65. The van der Waals surface area contributed by atoms with E-state index in [-0.39, 0.29) is 16.7 Å². The van der Waals surface area contributed by atoms with E-state index < -0.39 is 5.75 Å². The molecule has 0 radical (unpaired) electrons. The lowest BCUT2D eigenvalue weighted by molar-refractivity contribution is -0.268. The standard InChI is InChI=1S/C6H7NO4/c8-5-1-4(7(10)11)2-6(9)3-5/h1-3,8-11H/p-1. The van der Waals surface area contributed by atoms with Crippen LogP contribution in [0.3, 0.4) is 0 Å². The average molecular weight is 156 g/mol. The minimum Gasteiger partial charge on any atom is -0.872 e. The summed E-state index contributed by atoms with van der Waals surface area (Å²) in [4.78, 5) is 0. The van der Waals surface area contributed by atoms with Crippen LogP contribution >= 0.6 is 0 Å². The molecule has 0 spiro atoms. The molecule has 0 amide bonds. The van der Waals surface area contributed by atoms with Crippen molar-refractivity contribution in [2.24, 2.45) is 0 Å². The van der Waals surface area contributed by atoms with Gasteiger partial charge in [-0.05, 0) is 12.1 Å². The van der Waals surface area contributed by atoms with E-state index in [0.717, 1.165) is 18.2 Å². The second-order valence-electron chi connectivity index (χ2n) is 1.97. The van der Waals surface area contributed by atoms with E-state index in [9.17, 15) is 5.11 Å². The molecule has 1 aromatic rings. The minimum atomic E-state index is -0.492. The van der Waals surface area contributed by atoms with E-state index in [1.807, 2.05) is 0 Å². The van der Waals surface area contributed by atoms with Crippen LogP contribution in [0.25, 0.3) is 0 Å². The van der Waals surface area contributed by atoms with Crippen molar-refractivity contribution in [3.63, 3.8) is 0 Å². The number of rotatable bonds is 1. The summed E-state index contributed by atoms with van der Waals surface area (Å²) in [6, 6.07) is 2.98. The largest absolute Gasteiger partial charge is 0.872 e.